The van der Waals surface area contributed by atoms with Crippen LogP contribution in [0.15, 0.2) is 30.6 Å². The molecule has 6 heteroatoms. The van der Waals surface area contributed by atoms with E-state index in [0.717, 1.165) is 13.1 Å². The van der Waals surface area contributed by atoms with Crippen molar-refractivity contribution in [1.82, 2.24) is 15.1 Å². The first-order valence-electron chi connectivity index (χ1n) is 5.94. The Morgan fingerprint density at radius 1 is 1.47 bits per heavy atom. The van der Waals surface area contributed by atoms with Gasteiger partial charge in [-0.2, -0.15) is 5.10 Å². The standard InChI is InChI=1S/C13H16ClN3O2/c1-19-12-8-11(14)7-10(13(12)18)9-15-4-6-17-5-2-3-16-17/h2-3,5,7-8,15,18H,4,6,9H2,1H3. The van der Waals surface area contributed by atoms with E-state index in [1.54, 1.807) is 18.3 Å². The van der Waals surface area contributed by atoms with Crippen molar-refractivity contribution in [2.45, 2.75) is 13.1 Å². The van der Waals surface area contributed by atoms with Crippen LogP contribution in [0.1, 0.15) is 5.56 Å². The molecule has 1 aromatic carbocycles. The van der Waals surface area contributed by atoms with Gasteiger partial charge < -0.3 is 15.2 Å². The van der Waals surface area contributed by atoms with Gasteiger partial charge in [0, 0.05) is 42.1 Å². The van der Waals surface area contributed by atoms with E-state index in [9.17, 15) is 5.11 Å². The Bertz CT molecular complexity index is 529. The van der Waals surface area contributed by atoms with E-state index >= 15 is 0 Å². The highest BCUT2D eigenvalue weighted by Gasteiger charge is 2.09. The molecular formula is C13H16ClN3O2. The van der Waals surface area contributed by atoms with E-state index in [1.807, 2.05) is 16.9 Å². The lowest BCUT2D eigenvalue weighted by Gasteiger charge is -2.11. The Hall–Kier alpha value is -1.72. The number of phenols is 1. The molecule has 0 radical (unpaired) electrons. The molecule has 0 aliphatic heterocycles. The number of aromatic nitrogens is 2. The van der Waals surface area contributed by atoms with Crippen molar-refractivity contribution >= 4 is 11.6 Å². The summed E-state index contributed by atoms with van der Waals surface area (Å²) in [6.45, 7) is 2.03. The second-order valence-corrected chi connectivity index (χ2v) is 4.50. The van der Waals surface area contributed by atoms with Crippen LogP contribution in [-0.2, 0) is 13.1 Å². The molecular weight excluding hydrogens is 266 g/mol. The number of hydrogen-bond acceptors (Lipinski definition) is 4. The van der Waals surface area contributed by atoms with Crippen molar-refractivity contribution in [3.8, 4) is 11.5 Å². The van der Waals surface area contributed by atoms with Crippen molar-refractivity contribution in [1.29, 1.82) is 0 Å². The maximum atomic E-state index is 9.96. The first kappa shape index (κ1) is 13.7. The fraction of sp³-hybridized carbons (Fsp3) is 0.308. The molecule has 2 N–H and O–H groups in total. The van der Waals surface area contributed by atoms with E-state index < -0.39 is 0 Å². The lowest BCUT2D eigenvalue weighted by Crippen LogP contribution is -2.19. The summed E-state index contributed by atoms with van der Waals surface area (Å²) in [4.78, 5) is 0. The van der Waals surface area contributed by atoms with Crippen LogP contribution in [0.4, 0.5) is 0 Å². The van der Waals surface area contributed by atoms with Gasteiger partial charge >= 0.3 is 0 Å². The third kappa shape index (κ3) is 3.62. The Kier molecular flexibility index (Phi) is 4.65. The minimum Gasteiger partial charge on any atom is -0.504 e. The predicted octanol–water partition coefficient (Wildman–Crippen LogP) is 2.04. The second kappa shape index (κ2) is 6.45. The Labute approximate surface area is 116 Å². The monoisotopic (exact) mass is 281 g/mol. The van der Waals surface area contributed by atoms with Crippen LogP contribution < -0.4 is 10.1 Å². The van der Waals surface area contributed by atoms with E-state index in [0.29, 0.717) is 22.9 Å². The number of ether oxygens (including phenoxy) is 1. The number of nitrogens with zero attached hydrogens (tertiary/aromatic N) is 2. The van der Waals surface area contributed by atoms with Gasteiger partial charge in [-0.25, -0.2) is 0 Å². The normalized spacial score (nSPS) is 10.6. The largest absolute Gasteiger partial charge is 0.504 e. The van der Waals surface area contributed by atoms with Crippen LogP contribution in [0.5, 0.6) is 11.5 Å². The highest BCUT2D eigenvalue weighted by Crippen LogP contribution is 2.33. The zero-order chi connectivity index (χ0) is 13.7. The maximum Gasteiger partial charge on any atom is 0.162 e. The number of benzene rings is 1. The van der Waals surface area contributed by atoms with Crippen molar-refractivity contribution < 1.29 is 9.84 Å². The molecule has 0 saturated heterocycles. The van der Waals surface area contributed by atoms with Gasteiger partial charge in [-0.05, 0) is 12.1 Å². The number of hydrogen-bond donors (Lipinski definition) is 2. The molecule has 0 saturated carbocycles. The molecule has 102 valence electrons. The number of phenolic OH excluding ortho intramolecular Hbond substituents is 1. The van der Waals surface area contributed by atoms with Crippen LogP contribution in [0, 0.1) is 0 Å². The molecule has 0 fully saturated rings. The quantitative estimate of drug-likeness (QED) is 0.796. The number of aromatic hydroxyl groups is 1. The first-order valence-corrected chi connectivity index (χ1v) is 6.32. The third-order valence-electron chi connectivity index (χ3n) is 2.73. The minimum absolute atomic E-state index is 0.124. The van der Waals surface area contributed by atoms with Crippen molar-refractivity contribution in [2.75, 3.05) is 13.7 Å². The lowest BCUT2D eigenvalue weighted by atomic mass is 10.2. The van der Waals surface area contributed by atoms with E-state index in [1.165, 1.54) is 7.11 Å². The van der Waals surface area contributed by atoms with E-state index in [4.69, 9.17) is 16.3 Å². The van der Waals surface area contributed by atoms with Gasteiger partial charge in [0.2, 0.25) is 0 Å². The summed E-state index contributed by atoms with van der Waals surface area (Å²) in [7, 11) is 1.50. The number of rotatable bonds is 6. The molecule has 0 aliphatic rings. The van der Waals surface area contributed by atoms with Gasteiger partial charge in [-0.3, -0.25) is 4.68 Å². The van der Waals surface area contributed by atoms with Crippen LogP contribution in [0.25, 0.3) is 0 Å². The summed E-state index contributed by atoms with van der Waals surface area (Å²) >= 11 is 5.96. The average molecular weight is 282 g/mol. The van der Waals surface area contributed by atoms with E-state index in [-0.39, 0.29) is 5.75 Å². The first-order chi connectivity index (χ1) is 9.20. The molecule has 1 aromatic heterocycles. The zero-order valence-electron chi connectivity index (χ0n) is 10.6. The Morgan fingerprint density at radius 2 is 2.32 bits per heavy atom. The fourth-order valence-electron chi connectivity index (χ4n) is 1.77. The molecule has 2 aromatic rings. The van der Waals surface area contributed by atoms with Crippen molar-refractivity contribution in [2.24, 2.45) is 0 Å². The SMILES string of the molecule is COc1cc(Cl)cc(CNCCn2cccn2)c1O. The molecule has 0 bridgehead atoms. The van der Waals surface area contributed by atoms with Crippen molar-refractivity contribution in [3.05, 3.63) is 41.2 Å². The highest BCUT2D eigenvalue weighted by atomic mass is 35.5. The number of methoxy groups -OCH3 is 1. The molecule has 0 unspecified atom stereocenters. The average Bonchev–Trinajstić information content (AvgIpc) is 2.91. The van der Waals surface area contributed by atoms with Crippen LogP contribution in [0.3, 0.4) is 0 Å². The third-order valence-corrected chi connectivity index (χ3v) is 2.95. The Balaban J connectivity index is 1.90. The maximum absolute atomic E-state index is 9.96. The smallest absolute Gasteiger partial charge is 0.162 e. The molecule has 19 heavy (non-hydrogen) atoms. The summed E-state index contributed by atoms with van der Waals surface area (Å²) in [5.41, 5.74) is 0.713. The van der Waals surface area contributed by atoms with Gasteiger partial charge in [0.15, 0.2) is 11.5 Å². The summed E-state index contributed by atoms with van der Waals surface area (Å²) in [6, 6.07) is 5.19. The van der Waals surface area contributed by atoms with Gasteiger partial charge in [0.1, 0.15) is 0 Å². The molecule has 0 amide bonds. The van der Waals surface area contributed by atoms with Crippen LogP contribution >= 0.6 is 11.6 Å². The molecule has 2 rings (SSSR count). The fourth-order valence-corrected chi connectivity index (χ4v) is 2.00. The van der Waals surface area contributed by atoms with Crippen molar-refractivity contribution in [3.63, 3.8) is 0 Å². The summed E-state index contributed by atoms with van der Waals surface area (Å²) in [5.74, 6) is 0.509. The zero-order valence-corrected chi connectivity index (χ0v) is 11.4. The molecule has 5 nitrogen and oxygen atoms in total. The predicted molar refractivity (Wildman–Crippen MR) is 73.6 cm³/mol. The Morgan fingerprint density at radius 3 is 3.00 bits per heavy atom. The second-order valence-electron chi connectivity index (χ2n) is 4.06. The van der Waals surface area contributed by atoms with Gasteiger partial charge in [-0.1, -0.05) is 11.6 Å². The van der Waals surface area contributed by atoms with Gasteiger partial charge in [-0.15, -0.1) is 0 Å². The van der Waals surface area contributed by atoms with Crippen LogP contribution in [0.2, 0.25) is 5.02 Å². The molecule has 0 spiro atoms. The lowest BCUT2D eigenvalue weighted by molar-refractivity contribution is 0.369. The van der Waals surface area contributed by atoms with Gasteiger partial charge in [0.05, 0.1) is 13.7 Å². The summed E-state index contributed by atoms with van der Waals surface area (Å²) in [6.07, 6.45) is 3.65. The number of halogens is 1. The minimum atomic E-state index is 0.124. The summed E-state index contributed by atoms with van der Waals surface area (Å²) in [5, 5.41) is 17.8. The van der Waals surface area contributed by atoms with E-state index in [2.05, 4.69) is 10.4 Å². The van der Waals surface area contributed by atoms with Crippen LogP contribution in [-0.4, -0.2) is 28.5 Å². The van der Waals surface area contributed by atoms with Gasteiger partial charge in [0.25, 0.3) is 0 Å². The number of nitrogens with one attached hydrogen (secondary N) is 1. The highest BCUT2D eigenvalue weighted by molar-refractivity contribution is 6.30. The molecule has 0 atom stereocenters. The topological polar surface area (TPSA) is 59.3 Å². The summed E-state index contributed by atoms with van der Waals surface area (Å²) < 4.78 is 6.89. The molecule has 1 heterocycles. The molecule has 0 aliphatic carbocycles.